The number of carboxylic acids is 1. The Labute approximate surface area is 79.2 Å². The zero-order valence-corrected chi connectivity index (χ0v) is 8.58. The van der Waals surface area contributed by atoms with E-state index in [9.17, 15) is 9.90 Å². The van der Waals surface area contributed by atoms with Gasteiger partial charge in [-0.2, -0.15) is 0 Å². The van der Waals surface area contributed by atoms with Crippen LogP contribution in [-0.2, 0) is 4.79 Å². The van der Waals surface area contributed by atoms with Crippen molar-refractivity contribution in [2.75, 3.05) is 20.1 Å². The largest absolute Gasteiger partial charge is 0.481 e. The van der Waals surface area contributed by atoms with Crippen molar-refractivity contribution >= 4 is 5.97 Å². The van der Waals surface area contributed by atoms with E-state index in [1.807, 2.05) is 11.9 Å². The summed E-state index contributed by atoms with van der Waals surface area (Å²) in [7, 11) is 1.86. The molecule has 0 bridgehead atoms. The summed E-state index contributed by atoms with van der Waals surface area (Å²) >= 11 is 0. The van der Waals surface area contributed by atoms with E-state index in [-0.39, 0.29) is 6.42 Å². The molecule has 0 unspecified atom stereocenters. The first-order valence-electron chi connectivity index (χ1n) is 4.44. The highest BCUT2D eigenvalue weighted by molar-refractivity contribution is 5.66. The molecule has 2 N–H and O–H groups in total. The number of rotatable bonds is 6. The highest BCUT2D eigenvalue weighted by Crippen LogP contribution is 2.07. The van der Waals surface area contributed by atoms with E-state index in [4.69, 9.17) is 5.11 Å². The number of hydrogen-bond donors (Lipinski definition) is 2. The molecule has 0 aliphatic carbocycles. The Morgan fingerprint density at radius 2 is 1.92 bits per heavy atom. The lowest BCUT2D eigenvalue weighted by molar-refractivity contribution is -0.137. The van der Waals surface area contributed by atoms with E-state index in [0.717, 1.165) is 6.54 Å². The van der Waals surface area contributed by atoms with E-state index in [1.54, 1.807) is 13.8 Å². The monoisotopic (exact) mass is 189 g/mol. The van der Waals surface area contributed by atoms with Crippen LogP contribution in [0.5, 0.6) is 0 Å². The van der Waals surface area contributed by atoms with Crippen molar-refractivity contribution < 1.29 is 15.0 Å². The van der Waals surface area contributed by atoms with Crippen LogP contribution < -0.4 is 0 Å². The molecule has 0 saturated heterocycles. The second-order valence-corrected chi connectivity index (χ2v) is 4.01. The average molecular weight is 189 g/mol. The van der Waals surface area contributed by atoms with Crippen molar-refractivity contribution in [3.8, 4) is 0 Å². The molecule has 4 heteroatoms. The van der Waals surface area contributed by atoms with Gasteiger partial charge in [0.25, 0.3) is 0 Å². The summed E-state index contributed by atoms with van der Waals surface area (Å²) in [6, 6.07) is 0. The quantitative estimate of drug-likeness (QED) is 0.640. The van der Waals surface area contributed by atoms with Crippen molar-refractivity contribution in [3.05, 3.63) is 0 Å². The topological polar surface area (TPSA) is 60.8 Å². The number of aliphatic carboxylic acids is 1. The van der Waals surface area contributed by atoms with Gasteiger partial charge in [-0.25, -0.2) is 0 Å². The van der Waals surface area contributed by atoms with Gasteiger partial charge in [-0.15, -0.1) is 0 Å². The van der Waals surface area contributed by atoms with Gasteiger partial charge < -0.3 is 15.1 Å². The van der Waals surface area contributed by atoms with E-state index >= 15 is 0 Å². The van der Waals surface area contributed by atoms with Gasteiger partial charge in [0.05, 0.1) is 12.0 Å². The molecule has 4 nitrogen and oxygen atoms in total. The molecule has 0 aromatic carbocycles. The maximum atomic E-state index is 10.2. The van der Waals surface area contributed by atoms with Crippen molar-refractivity contribution in [1.29, 1.82) is 0 Å². The molecule has 0 atom stereocenters. The van der Waals surface area contributed by atoms with Crippen LogP contribution in [0.3, 0.4) is 0 Å². The predicted molar refractivity (Wildman–Crippen MR) is 50.7 cm³/mol. The second-order valence-electron chi connectivity index (χ2n) is 4.01. The first-order chi connectivity index (χ1) is 5.81. The Balaban J connectivity index is 3.52. The fraction of sp³-hybridized carbons (Fsp3) is 0.889. The zero-order valence-electron chi connectivity index (χ0n) is 8.58. The van der Waals surface area contributed by atoms with Crippen LogP contribution in [0, 0.1) is 0 Å². The van der Waals surface area contributed by atoms with Crippen LogP contribution in [0.25, 0.3) is 0 Å². The van der Waals surface area contributed by atoms with Crippen molar-refractivity contribution in [3.63, 3.8) is 0 Å². The van der Waals surface area contributed by atoms with Gasteiger partial charge in [-0.3, -0.25) is 4.79 Å². The predicted octanol–water partition coefficient (Wildman–Crippen LogP) is 0.554. The molecular weight excluding hydrogens is 170 g/mol. The molecule has 78 valence electrons. The van der Waals surface area contributed by atoms with E-state index in [1.165, 1.54) is 0 Å². The van der Waals surface area contributed by atoms with E-state index < -0.39 is 11.6 Å². The van der Waals surface area contributed by atoms with Gasteiger partial charge in [-0.1, -0.05) is 0 Å². The molecule has 0 spiro atoms. The lowest BCUT2D eigenvalue weighted by Gasteiger charge is -2.21. The minimum atomic E-state index is -0.782. The van der Waals surface area contributed by atoms with Crippen molar-refractivity contribution in [2.24, 2.45) is 0 Å². The van der Waals surface area contributed by atoms with Crippen LogP contribution in [0.4, 0.5) is 0 Å². The molecule has 0 aliphatic rings. The molecular formula is C9H19NO3. The summed E-state index contributed by atoms with van der Waals surface area (Å²) in [5.74, 6) is -0.782. The molecule has 13 heavy (non-hydrogen) atoms. The van der Waals surface area contributed by atoms with Crippen LogP contribution >= 0.6 is 0 Å². The average Bonchev–Trinajstić information content (AvgIpc) is 1.95. The van der Waals surface area contributed by atoms with Crippen molar-refractivity contribution in [2.45, 2.75) is 32.3 Å². The van der Waals surface area contributed by atoms with Crippen LogP contribution in [-0.4, -0.2) is 46.8 Å². The molecule has 0 saturated carbocycles. The third kappa shape index (κ3) is 9.30. The number of carboxylic acid groups (broad SMARTS) is 1. The van der Waals surface area contributed by atoms with Crippen molar-refractivity contribution in [1.82, 2.24) is 4.90 Å². The van der Waals surface area contributed by atoms with Gasteiger partial charge in [0, 0.05) is 13.1 Å². The first-order valence-corrected chi connectivity index (χ1v) is 4.44. The van der Waals surface area contributed by atoms with E-state index in [2.05, 4.69) is 0 Å². The van der Waals surface area contributed by atoms with Gasteiger partial charge in [0.1, 0.15) is 0 Å². The molecule has 0 aromatic heterocycles. The molecule has 0 radical (unpaired) electrons. The Morgan fingerprint density at radius 3 is 2.31 bits per heavy atom. The second kappa shape index (κ2) is 5.19. The van der Waals surface area contributed by atoms with Gasteiger partial charge in [0.15, 0.2) is 0 Å². The summed E-state index contributed by atoms with van der Waals surface area (Å²) in [6.45, 7) is 4.75. The van der Waals surface area contributed by atoms with Gasteiger partial charge in [-0.05, 0) is 27.3 Å². The summed E-state index contributed by atoms with van der Waals surface area (Å²) < 4.78 is 0. The molecule has 0 fully saturated rings. The summed E-state index contributed by atoms with van der Waals surface area (Å²) in [5.41, 5.74) is -0.669. The Bertz CT molecular complexity index is 163. The van der Waals surface area contributed by atoms with E-state index in [0.29, 0.717) is 13.0 Å². The summed E-state index contributed by atoms with van der Waals surface area (Å²) in [4.78, 5) is 12.1. The summed E-state index contributed by atoms with van der Waals surface area (Å²) in [6.07, 6.45) is 0.811. The standard InChI is InChI=1S/C9H19NO3/c1-9(2,13)5-7-10(3)6-4-8(11)12/h13H,4-7H2,1-3H3,(H,11,12). The minimum absolute atomic E-state index is 0.155. The Hall–Kier alpha value is -0.610. The van der Waals surface area contributed by atoms with Gasteiger partial charge in [0.2, 0.25) is 0 Å². The molecule has 0 rings (SSSR count). The third-order valence-electron chi connectivity index (χ3n) is 1.81. The SMILES string of the molecule is CN(CCC(=O)O)CCC(C)(C)O. The maximum Gasteiger partial charge on any atom is 0.304 e. The van der Waals surface area contributed by atoms with Gasteiger partial charge >= 0.3 is 5.97 Å². The highest BCUT2D eigenvalue weighted by Gasteiger charge is 2.13. The summed E-state index contributed by atoms with van der Waals surface area (Å²) in [5, 5.41) is 17.8. The Morgan fingerprint density at radius 1 is 1.38 bits per heavy atom. The lowest BCUT2D eigenvalue weighted by Crippen LogP contribution is -2.29. The Kier molecular flexibility index (Phi) is 4.95. The number of aliphatic hydroxyl groups is 1. The third-order valence-corrected chi connectivity index (χ3v) is 1.81. The fourth-order valence-corrected chi connectivity index (χ4v) is 0.863. The number of hydrogen-bond acceptors (Lipinski definition) is 3. The first kappa shape index (κ1) is 12.4. The normalized spacial score (nSPS) is 12.1. The molecule has 0 amide bonds. The van der Waals surface area contributed by atoms with Crippen LogP contribution in [0.15, 0.2) is 0 Å². The lowest BCUT2D eigenvalue weighted by atomic mass is 10.1. The maximum absolute atomic E-state index is 10.2. The molecule has 0 aliphatic heterocycles. The zero-order chi connectivity index (χ0) is 10.5. The smallest absolute Gasteiger partial charge is 0.304 e. The number of carbonyl (C=O) groups is 1. The molecule has 0 aromatic rings. The van der Waals surface area contributed by atoms with Crippen LogP contribution in [0.1, 0.15) is 26.7 Å². The highest BCUT2D eigenvalue weighted by atomic mass is 16.4. The fourth-order valence-electron chi connectivity index (χ4n) is 0.863. The molecule has 0 heterocycles. The van der Waals surface area contributed by atoms with Crippen LogP contribution in [0.2, 0.25) is 0 Å². The minimum Gasteiger partial charge on any atom is -0.481 e. The number of nitrogens with zero attached hydrogens (tertiary/aromatic N) is 1.